The summed E-state index contributed by atoms with van der Waals surface area (Å²) < 4.78 is 13.0. The van der Waals surface area contributed by atoms with Crippen LogP contribution in [0.4, 0.5) is 4.39 Å². The van der Waals surface area contributed by atoms with Gasteiger partial charge in [-0.25, -0.2) is 4.39 Å². The van der Waals surface area contributed by atoms with Gasteiger partial charge in [0.25, 0.3) is 0 Å². The summed E-state index contributed by atoms with van der Waals surface area (Å²) in [6.07, 6.45) is 1.68. The average Bonchev–Trinajstić information content (AvgIpc) is 2.30. The summed E-state index contributed by atoms with van der Waals surface area (Å²) in [5.74, 6) is -0.411. The lowest BCUT2D eigenvalue weighted by Gasteiger charge is -2.25. The fraction of sp³-hybridized carbons (Fsp3) is 0.571. The third kappa shape index (κ3) is 4.56. The molecule has 0 aromatic heterocycles. The lowest BCUT2D eigenvalue weighted by molar-refractivity contribution is 0.0476. The van der Waals surface area contributed by atoms with Crippen LogP contribution in [0.5, 0.6) is 0 Å². The Labute approximate surface area is 113 Å². The smallest absolute Gasteiger partial charge is 0.141 e. The summed E-state index contributed by atoms with van der Waals surface area (Å²) in [7, 11) is 0. The summed E-state index contributed by atoms with van der Waals surface area (Å²) in [6.45, 7) is 6.31. The molecule has 1 aromatic rings. The van der Waals surface area contributed by atoms with Crippen molar-refractivity contribution in [2.75, 3.05) is 6.54 Å². The molecule has 0 aliphatic carbocycles. The van der Waals surface area contributed by atoms with E-state index >= 15 is 0 Å². The Morgan fingerprint density at radius 2 is 2.17 bits per heavy atom. The zero-order valence-corrected chi connectivity index (χ0v) is 11.9. The van der Waals surface area contributed by atoms with E-state index in [-0.39, 0.29) is 11.1 Å². The van der Waals surface area contributed by atoms with Crippen molar-refractivity contribution in [2.24, 2.45) is 0 Å². The van der Waals surface area contributed by atoms with E-state index in [1.54, 1.807) is 12.1 Å². The van der Waals surface area contributed by atoms with Gasteiger partial charge in [-0.1, -0.05) is 31.0 Å². The average molecular weight is 274 g/mol. The topological polar surface area (TPSA) is 32.3 Å². The fourth-order valence-corrected chi connectivity index (χ4v) is 2.09. The number of nitrogens with one attached hydrogen (secondary N) is 1. The van der Waals surface area contributed by atoms with Gasteiger partial charge in [-0.05, 0) is 38.0 Å². The van der Waals surface area contributed by atoms with Gasteiger partial charge in [0.2, 0.25) is 0 Å². The highest BCUT2D eigenvalue weighted by molar-refractivity contribution is 6.30. The highest BCUT2D eigenvalue weighted by Crippen LogP contribution is 2.21. The predicted octanol–water partition coefficient (Wildman–Crippen LogP) is 3.68. The molecule has 1 rings (SSSR count). The van der Waals surface area contributed by atoms with Gasteiger partial charge in [0.1, 0.15) is 5.82 Å². The minimum absolute atomic E-state index is 0.0198. The molecule has 2 unspecified atom stereocenters. The van der Waals surface area contributed by atoms with E-state index in [4.69, 9.17) is 11.6 Å². The van der Waals surface area contributed by atoms with Gasteiger partial charge in [0, 0.05) is 12.6 Å². The summed E-state index contributed by atoms with van der Waals surface area (Å²) in [5, 5.41) is 13.4. The van der Waals surface area contributed by atoms with E-state index in [0.717, 1.165) is 18.4 Å². The predicted molar refractivity (Wildman–Crippen MR) is 73.4 cm³/mol. The molecule has 2 atom stereocenters. The normalized spacial score (nSPS) is 16.3. The lowest BCUT2D eigenvalue weighted by Crippen LogP contribution is -2.38. The summed E-state index contributed by atoms with van der Waals surface area (Å²) in [5.41, 5.74) is 0.195. The van der Waals surface area contributed by atoms with Crippen LogP contribution < -0.4 is 5.32 Å². The molecule has 4 heteroatoms. The standard InChI is InChI=1S/C14H21ClFNO/c1-4-7-14(3,18)9-17-10(2)11-5-6-13(16)12(15)8-11/h5-6,8,10,17-18H,4,7,9H2,1-3H3. The van der Waals surface area contributed by atoms with Crippen LogP contribution in [-0.4, -0.2) is 17.3 Å². The maximum absolute atomic E-state index is 13.0. The Bertz CT molecular complexity index is 395. The summed E-state index contributed by atoms with van der Waals surface area (Å²) in [4.78, 5) is 0. The second kappa shape index (κ2) is 6.50. The molecule has 0 aliphatic heterocycles. The van der Waals surface area contributed by atoms with Gasteiger partial charge in [-0.2, -0.15) is 0 Å². The zero-order chi connectivity index (χ0) is 13.8. The van der Waals surface area contributed by atoms with Crippen molar-refractivity contribution in [2.45, 2.75) is 45.3 Å². The van der Waals surface area contributed by atoms with Crippen molar-refractivity contribution in [3.63, 3.8) is 0 Å². The minimum Gasteiger partial charge on any atom is -0.389 e. The highest BCUT2D eigenvalue weighted by atomic mass is 35.5. The van der Waals surface area contributed by atoms with Crippen LogP contribution in [-0.2, 0) is 0 Å². The van der Waals surface area contributed by atoms with Crippen molar-refractivity contribution >= 4 is 11.6 Å². The molecule has 0 spiro atoms. The Balaban J connectivity index is 2.60. The van der Waals surface area contributed by atoms with E-state index in [2.05, 4.69) is 5.32 Å². The molecule has 18 heavy (non-hydrogen) atoms. The van der Waals surface area contributed by atoms with Crippen molar-refractivity contribution in [1.82, 2.24) is 5.32 Å². The van der Waals surface area contributed by atoms with Gasteiger partial charge in [-0.15, -0.1) is 0 Å². The minimum atomic E-state index is -0.715. The quantitative estimate of drug-likeness (QED) is 0.829. The van der Waals surface area contributed by atoms with Crippen LogP contribution in [0.15, 0.2) is 18.2 Å². The van der Waals surface area contributed by atoms with E-state index in [1.165, 1.54) is 6.07 Å². The lowest BCUT2D eigenvalue weighted by atomic mass is 9.99. The van der Waals surface area contributed by atoms with Crippen molar-refractivity contribution in [3.05, 3.63) is 34.6 Å². The molecule has 0 radical (unpaired) electrons. The second-order valence-corrected chi connectivity index (χ2v) is 5.43. The molecule has 0 saturated carbocycles. The molecule has 0 heterocycles. The Morgan fingerprint density at radius 3 is 2.72 bits per heavy atom. The number of rotatable bonds is 6. The van der Waals surface area contributed by atoms with Crippen molar-refractivity contribution < 1.29 is 9.50 Å². The first-order chi connectivity index (χ1) is 8.35. The fourth-order valence-electron chi connectivity index (χ4n) is 1.90. The van der Waals surface area contributed by atoms with E-state index in [1.807, 2.05) is 20.8 Å². The molecular formula is C14H21ClFNO. The summed E-state index contributed by atoms with van der Waals surface area (Å²) in [6, 6.07) is 4.70. The van der Waals surface area contributed by atoms with Crippen LogP contribution in [0.1, 0.15) is 45.2 Å². The highest BCUT2D eigenvalue weighted by Gasteiger charge is 2.20. The molecule has 0 amide bonds. The first-order valence-corrected chi connectivity index (χ1v) is 6.64. The van der Waals surface area contributed by atoms with E-state index in [0.29, 0.717) is 6.54 Å². The van der Waals surface area contributed by atoms with Crippen LogP contribution in [0.3, 0.4) is 0 Å². The molecule has 0 aliphatic rings. The van der Waals surface area contributed by atoms with Gasteiger partial charge in [-0.3, -0.25) is 0 Å². The number of aliphatic hydroxyl groups is 1. The van der Waals surface area contributed by atoms with E-state index < -0.39 is 11.4 Å². The zero-order valence-electron chi connectivity index (χ0n) is 11.1. The van der Waals surface area contributed by atoms with Crippen LogP contribution in [0.25, 0.3) is 0 Å². The van der Waals surface area contributed by atoms with Gasteiger partial charge in [0.15, 0.2) is 0 Å². The molecular weight excluding hydrogens is 253 g/mol. The largest absolute Gasteiger partial charge is 0.389 e. The van der Waals surface area contributed by atoms with Gasteiger partial charge in [0.05, 0.1) is 10.6 Å². The maximum atomic E-state index is 13.0. The van der Waals surface area contributed by atoms with Crippen molar-refractivity contribution in [3.8, 4) is 0 Å². The monoisotopic (exact) mass is 273 g/mol. The molecule has 2 nitrogen and oxygen atoms in total. The molecule has 0 fully saturated rings. The second-order valence-electron chi connectivity index (χ2n) is 5.02. The molecule has 0 bridgehead atoms. The van der Waals surface area contributed by atoms with Crippen molar-refractivity contribution in [1.29, 1.82) is 0 Å². The Morgan fingerprint density at radius 1 is 1.50 bits per heavy atom. The number of hydrogen-bond acceptors (Lipinski definition) is 2. The first kappa shape index (κ1) is 15.4. The Hall–Kier alpha value is -0.640. The third-order valence-corrected chi connectivity index (χ3v) is 3.31. The molecule has 0 saturated heterocycles. The van der Waals surface area contributed by atoms with Crippen LogP contribution >= 0.6 is 11.6 Å². The number of hydrogen-bond donors (Lipinski definition) is 2. The SMILES string of the molecule is CCCC(C)(O)CNC(C)c1ccc(F)c(Cl)c1. The molecule has 102 valence electrons. The molecule has 2 N–H and O–H groups in total. The molecule has 1 aromatic carbocycles. The van der Waals surface area contributed by atoms with Gasteiger partial charge >= 0.3 is 0 Å². The third-order valence-electron chi connectivity index (χ3n) is 3.02. The Kier molecular flexibility index (Phi) is 5.57. The van der Waals surface area contributed by atoms with E-state index in [9.17, 15) is 9.50 Å². The number of halogens is 2. The van der Waals surface area contributed by atoms with Gasteiger partial charge < -0.3 is 10.4 Å². The van der Waals surface area contributed by atoms with Crippen LogP contribution in [0, 0.1) is 5.82 Å². The van der Waals surface area contributed by atoms with Crippen LogP contribution in [0.2, 0.25) is 5.02 Å². The maximum Gasteiger partial charge on any atom is 0.141 e. The number of benzene rings is 1. The summed E-state index contributed by atoms with van der Waals surface area (Å²) >= 11 is 5.75. The first-order valence-electron chi connectivity index (χ1n) is 6.26.